The summed E-state index contributed by atoms with van der Waals surface area (Å²) in [6.07, 6.45) is -3.62. The van der Waals surface area contributed by atoms with Crippen molar-refractivity contribution in [1.29, 1.82) is 0 Å². The molecule has 1 saturated heterocycles. The lowest BCUT2D eigenvalue weighted by molar-refractivity contribution is -0.259. The normalized spacial score (nSPS) is 18.8. The molecular weight excluding hydrogens is 389 g/mol. The number of thiazole rings is 1. The maximum Gasteiger partial charge on any atom is 0.418 e. The minimum absolute atomic E-state index is 0.120. The molecule has 8 nitrogen and oxygen atoms in total. The Morgan fingerprint density at radius 2 is 1.96 bits per heavy atom. The maximum atomic E-state index is 12.9. The quantitative estimate of drug-likeness (QED) is 0.685. The van der Waals surface area contributed by atoms with Crippen LogP contribution in [0.1, 0.15) is 23.5 Å². The molecule has 0 spiro atoms. The number of halogens is 3. The van der Waals surface area contributed by atoms with E-state index < -0.39 is 29.7 Å². The summed E-state index contributed by atoms with van der Waals surface area (Å²) in [6.45, 7) is 3.28. The van der Waals surface area contributed by atoms with Gasteiger partial charge in [0.25, 0.3) is 0 Å². The molecule has 1 aliphatic heterocycles. The monoisotopic (exact) mass is 410 g/mol. The van der Waals surface area contributed by atoms with E-state index in [-0.39, 0.29) is 19.7 Å². The Balaban J connectivity index is 1.97. The predicted molar refractivity (Wildman–Crippen MR) is 91.5 cm³/mol. The van der Waals surface area contributed by atoms with Gasteiger partial charge in [-0.2, -0.15) is 13.2 Å². The van der Waals surface area contributed by atoms with Gasteiger partial charge in [-0.25, -0.2) is 9.78 Å². The van der Waals surface area contributed by atoms with Crippen molar-refractivity contribution in [3.05, 3.63) is 11.1 Å². The zero-order valence-corrected chi connectivity index (χ0v) is 15.6. The molecule has 1 aliphatic rings. The third-order valence-electron chi connectivity index (χ3n) is 4.28. The summed E-state index contributed by atoms with van der Waals surface area (Å²) < 4.78 is 43.5. The van der Waals surface area contributed by atoms with Crippen LogP contribution in [0, 0.1) is 0 Å². The fraction of sp³-hybridized carbons (Fsp3) is 0.667. The van der Waals surface area contributed by atoms with E-state index in [1.54, 1.807) is 6.92 Å². The number of aliphatic hydroxyl groups is 1. The van der Waals surface area contributed by atoms with Gasteiger partial charge in [0.2, 0.25) is 5.91 Å². The molecule has 1 aromatic heterocycles. The molecule has 1 amide bonds. The van der Waals surface area contributed by atoms with Crippen LogP contribution in [-0.4, -0.2) is 77.5 Å². The highest BCUT2D eigenvalue weighted by atomic mass is 32.1. The van der Waals surface area contributed by atoms with E-state index in [1.165, 1.54) is 11.1 Å². The second kappa shape index (κ2) is 7.98. The molecule has 0 radical (unpaired) electrons. The Labute approximate surface area is 157 Å². The van der Waals surface area contributed by atoms with Crippen LogP contribution in [0.25, 0.3) is 0 Å². The summed E-state index contributed by atoms with van der Waals surface area (Å²) in [7, 11) is 0. The number of esters is 1. The van der Waals surface area contributed by atoms with Crippen LogP contribution in [0.5, 0.6) is 0 Å². The van der Waals surface area contributed by atoms with Crippen LogP contribution >= 0.6 is 11.3 Å². The Morgan fingerprint density at radius 3 is 2.48 bits per heavy atom. The summed E-state index contributed by atoms with van der Waals surface area (Å²) in [5, 5.41) is 10.1. The van der Waals surface area contributed by atoms with E-state index in [4.69, 9.17) is 10.5 Å². The van der Waals surface area contributed by atoms with Gasteiger partial charge in [-0.3, -0.25) is 4.79 Å². The molecule has 0 aliphatic carbocycles. The fourth-order valence-corrected chi connectivity index (χ4v) is 3.30. The van der Waals surface area contributed by atoms with E-state index in [9.17, 15) is 27.9 Å². The van der Waals surface area contributed by atoms with E-state index in [2.05, 4.69) is 4.98 Å². The SMILES string of the molecule is CCOC(=O)c1cnc(N2CCN(C(=O)C(N)C(C)(O)C(F)(F)F)CC2)s1. The van der Waals surface area contributed by atoms with Crippen molar-refractivity contribution in [2.24, 2.45) is 5.73 Å². The first-order valence-electron chi connectivity index (χ1n) is 8.20. The molecule has 2 atom stereocenters. The fourth-order valence-electron chi connectivity index (χ4n) is 2.44. The average Bonchev–Trinajstić information content (AvgIpc) is 3.10. The number of nitrogens with zero attached hydrogens (tertiary/aromatic N) is 3. The van der Waals surface area contributed by atoms with Crippen molar-refractivity contribution in [2.45, 2.75) is 31.7 Å². The largest absolute Gasteiger partial charge is 0.462 e. The number of anilines is 1. The molecule has 2 rings (SSSR count). The average molecular weight is 410 g/mol. The van der Waals surface area contributed by atoms with Gasteiger partial charge in [0.15, 0.2) is 10.7 Å². The third kappa shape index (κ3) is 4.50. The van der Waals surface area contributed by atoms with Crippen LogP contribution in [0.15, 0.2) is 6.20 Å². The number of amides is 1. The summed E-state index contributed by atoms with van der Waals surface area (Å²) in [6, 6.07) is -2.11. The number of hydrogen-bond donors (Lipinski definition) is 2. The molecule has 0 bridgehead atoms. The molecular formula is C15H21F3N4O4S. The van der Waals surface area contributed by atoms with Crippen LogP contribution in [0.2, 0.25) is 0 Å². The lowest BCUT2D eigenvalue weighted by Crippen LogP contribution is -2.64. The van der Waals surface area contributed by atoms with Crippen LogP contribution < -0.4 is 10.6 Å². The van der Waals surface area contributed by atoms with Crippen molar-refractivity contribution < 1.29 is 32.6 Å². The van der Waals surface area contributed by atoms with E-state index in [0.29, 0.717) is 30.0 Å². The molecule has 2 unspecified atom stereocenters. The molecule has 1 fully saturated rings. The number of nitrogens with two attached hydrogens (primary N) is 1. The standard InChI is InChI=1S/C15H21F3N4O4S/c1-3-26-12(24)9-8-20-13(27-9)22-6-4-21(5-7-22)11(23)10(19)14(2,25)15(16,17)18/h8,10,25H,3-7,19H2,1-2H3. The highest BCUT2D eigenvalue weighted by molar-refractivity contribution is 7.17. The summed E-state index contributed by atoms with van der Waals surface area (Å²) in [4.78, 5) is 31.4. The number of carbonyl (C=O) groups is 2. The van der Waals surface area contributed by atoms with Gasteiger partial charge in [0.05, 0.1) is 12.8 Å². The minimum Gasteiger partial charge on any atom is -0.462 e. The van der Waals surface area contributed by atoms with Crippen molar-refractivity contribution in [3.63, 3.8) is 0 Å². The lowest BCUT2D eigenvalue weighted by atomic mass is 9.95. The molecule has 12 heteroatoms. The van der Waals surface area contributed by atoms with Crippen LogP contribution in [-0.2, 0) is 9.53 Å². The molecule has 1 aromatic rings. The van der Waals surface area contributed by atoms with Gasteiger partial charge in [0, 0.05) is 26.2 Å². The van der Waals surface area contributed by atoms with Gasteiger partial charge in [-0.15, -0.1) is 0 Å². The number of aromatic nitrogens is 1. The van der Waals surface area contributed by atoms with Crippen LogP contribution in [0.3, 0.4) is 0 Å². The second-order valence-electron chi connectivity index (χ2n) is 6.16. The number of carbonyl (C=O) groups excluding carboxylic acids is 2. The summed E-state index contributed by atoms with van der Waals surface area (Å²) in [5.74, 6) is -1.45. The van der Waals surface area contributed by atoms with Gasteiger partial charge < -0.3 is 25.4 Å². The topological polar surface area (TPSA) is 109 Å². The Bertz CT molecular complexity index is 687. The molecule has 0 aromatic carbocycles. The smallest absolute Gasteiger partial charge is 0.418 e. The highest BCUT2D eigenvalue weighted by Crippen LogP contribution is 2.33. The highest BCUT2D eigenvalue weighted by Gasteiger charge is 2.56. The van der Waals surface area contributed by atoms with Crippen molar-refractivity contribution in [2.75, 3.05) is 37.7 Å². The van der Waals surface area contributed by atoms with Crippen molar-refractivity contribution in [3.8, 4) is 0 Å². The Hall–Kier alpha value is -1.92. The Morgan fingerprint density at radius 1 is 1.37 bits per heavy atom. The number of ether oxygens (including phenoxy) is 1. The zero-order valence-electron chi connectivity index (χ0n) is 14.8. The Kier molecular flexibility index (Phi) is 6.32. The number of alkyl halides is 3. The van der Waals surface area contributed by atoms with E-state index in [0.717, 1.165) is 11.3 Å². The van der Waals surface area contributed by atoms with Gasteiger partial charge in [-0.05, 0) is 13.8 Å². The van der Waals surface area contributed by atoms with Gasteiger partial charge in [-0.1, -0.05) is 11.3 Å². The predicted octanol–water partition coefficient (Wildman–Crippen LogP) is 0.609. The second-order valence-corrected chi connectivity index (χ2v) is 7.17. The first kappa shape index (κ1) is 21.4. The first-order chi connectivity index (χ1) is 12.5. The molecule has 27 heavy (non-hydrogen) atoms. The molecule has 152 valence electrons. The third-order valence-corrected chi connectivity index (χ3v) is 5.32. The number of rotatable bonds is 5. The summed E-state index contributed by atoms with van der Waals surface area (Å²) in [5.41, 5.74) is 2.07. The minimum atomic E-state index is -5.02. The van der Waals surface area contributed by atoms with E-state index in [1.807, 2.05) is 4.90 Å². The molecule has 3 N–H and O–H groups in total. The molecule has 0 saturated carbocycles. The maximum absolute atomic E-state index is 12.9. The zero-order chi connectivity index (χ0) is 20.4. The lowest BCUT2D eigenvalue weighted by Gasteiger charge is -2.38. The van der Waals surface area contributed by atoms with Crippen molar-refractivity contribution in [1.82, 2.24) is 9.88 Å². The van der Waals surface area contributed by atoms with Crippen molar-refractivity contribution >= 4 is 28.3 Å². The number of piperazine rings is 1. The first-order valence-corrected chi connectivity index (χ1v) is 9.02. The van der Waals surface area contributed by atoms with Crippen LogP contribution in [0.4, 0.5) is 18.3 Å². The molecule has 2 heterocycles. The van der Waals surface area contributed by atoms with Gasteiger partial charge >= 0.3 is 12.1 Å². The number of hydrogen-bond acceptors (Lipinski definition) is 8. The van der Waals surface area contributed by atoms with Gasteiger partial charge in [0.1, 0.15) is 10.9 Å². The summed E-state index contributed by atoms with van der Waals surface area (Å²) >= 11 is 1.13. The van der Waals surface area contributed by atoms with E-state index >= 15 is 0 Å².